The molecular formula is C13H18O4. The number of carbonyl (C=O) groups is 1. The van der Waals surface area contributed by atoms with Gasteiger partial charge in [-0.25, -0.2) is 0 Å². The highest BCUT2D eigenvalue weighted by atomic mass is 16.5. The van der Waals surface area contributed by atoms with Gasteiger partial charge in [0.25, 0.3) is 0 Å². The Hall–Kier alpha value is -1.55. The standard InChI is InChI=1S/C13H18O4/c1-3-16-10-4-5-13(14)17-12-8-6-11(15-2)7-9-12/h6-9H,3-5,10H2,1-2H3. The Morgan fingerprint density at radius 1 is 1.18 bits per heavy atom. The van der Waals surface area contributed by atoms with E-state index in [0.29, 0.717) is 31.8 Å². The molecule has 0 atom stereocenters. The number of methoxy groups -OCH3 is 1. The molecule has 0 unspecified atom stereocenters. The molecule has 1 aromatic rings. The summed E-state index contributed by atoms with van der Waals surface area (Å²) in [5, 5.41) is 0. The zero-order valence-corrected chi connectivity index (χ0v) is 10.3. The molecule has 0 aliphatic carbocycles. The van der Waals surface area contributed by atoms with E-state index in [2.05, 4.69) is 0 Å². The lowest BCUT2D eigenvalue weighted by Gasteiger charge is -2.05. The highest BCUT2D eigenvalue weighted by Crippen LogP contribution is 2.17. The van der Waals surface area contributed by atoms with Gasteiger partial charge in [-0.05, 0) is 37.6 Å². The fourth-order valence-corrected chi connectivity index (χ4v) is 1.29. The second-order valence-electron chi connectivity index (χ2n) is 3.45. The summed E-state index contributed by atoms with van der Waals surface area (Å²) in [5.74, 6) is 1.03. The van der Waals surface area contributed by atoms with Gasteiger partial charge in [-0.1, -0.05) is 0 Å². The smallest absolute Gasteiger partial charge is 0.311 e. The first-order chi connectivity index (χ1) is 8.26. The van der Waals surface area contributed by atoms with Gasteiger partial charge in [0.2, 0.25) is 0 Å². The quantitative estimate of drug-likeness (QED) is 0.416. The maximum atomic E-state index is 11.4. The number of carbonyl (C=O) groups excluding carboxylic acids is 1. The van der Waals surface area contributed by atoms with Crippen LogP contribution in [-0.4, -0.2) is 26.3 Å². The van der Waals surface area contributed by atoms with Crippen molar-refractivity contribution < 1.29 is 19.0 Å². The van der Waals surface area contributed by atoms with E-state index in [9.17, 15) is 4.79 Å². The summed E-state index contributed by atoms with van der Waals surface area (Å²) in [7, 11) is 1.59. The third-order valence-electron chi connectivity index (χ3n) is 2.16. The molecule has 17 heavy (non-hydrogen) atoms. The predicted molar refractivity (Wildman–Crippen MR) is 64.4 cm³/mol. The Morgan fingerprint density at radius 2 is 1.82 bits per heavy atom. The van der Waals surface area contributed by atoms with Crippen molar-refractivity contribution in [1.29, 1.82) is 0 Å². The minimum absolute atomic E-state index is 0.241. The second kappa shape index (κ2) is 7.68. The Balaban J connectivity index is 2.29. The molecule has 4 heteroatoms. The van der Waals surface area contributed by atoms with Crippen LogP contribution in [0, 0.1) is 0 Å². The number of hydrogen-bond acceptors (Lipinski definition) is 4. The lowest BCUT2D eigenvalue weighted by atomic mass is 10.3. The van der Waals surface area contributed by atoms with Crippen molar-refractivity contribution in [2.45, 2.75) is 19.8 Å². The van der Waals surface area contributed by atoms with Crippen molar-refractivity contribution in [3.8, 4) is 11.5 Å². The van der Waals surface area contributed by atoms with E-state index >= 15 is 0 Å². The Kier molecular flexibility index (Phi) is 6.10. The van der Waals surface area contributed by atoms with Gasteiger partial charge in [-0.2, -0.15) is 0 Å². The number of benzene rings is 1. The SMILES string of the molecule is CCOCCCC(=O)Oc1ccc(OC)cc1. The molecule has 1 rings (SSSR count). The fourth-order valence-electron chi connectivity index (χ4n) is 1.29. The summed E-state index contributed by atoms with van der Waals surface area (Å²) in [6.07, 6.45) is 1.05. The van der Waals surface area contributed by atoms with Crippen LogP contribution in [0.3, 0.4) is 0 Å². The third-order valence-corrected chi connectivity index (χ3v) is 2.16. The van der Waals surface area contributed by atoms with Gasteiger partial charge in [-0.15, -0.1) is 0 Å². The maximum absolute atomic E-state index is 11.4. The van der Waals surface area contributed by atoms with Gasteiger partial charge in [0.15, 0.2) is 0 Å². The van der Waals surface area contributed by atoms with Crippen LogP contribution in [0.15, 0.2) is 24.3 Å². The minimum Gasteiger partial charge on any atom is -0.497 e. The first kappa shape index (κ1) is 13.5. The van der Waals surface area contributed by atoms with Crippen LogP contribution in [0.5, 0.6) is 11.5 Å². The van der Waals surface area contributed by atoms with Crippen LogP contribution >= 0.6 is 0 Å². The van der Waals surface area contributed by atoms with Crippen LogP contribution < -0.4 is 9.47 Å². The molecule has 0 heterocycles. The van der Waals surface area contributed by atoms with Gasteiger partial charge in [0.1, 0.15) is 11.5 Å². The van der Waals surface area contributed by atoms with Crippen molar-refractivity contribution in [3.63, 3.8) is 0 Å². The first-order valence-electron chi connectivity index (χ1n) is 5.68. The van der Waals surface area contributed by atoms with E-state index in [0.717, 1.165) is 5.75 Å². The molecule has 0 spiro atoms. The zero-order valence-electron chi connectivity index (χ0n) is 10.3. The summed E-state index contributed by atoms with van der Waals surface area (Å²) in [5.41, 5.74) is 0. The third kappa shape index (κ3) is 5.36. The zero-order chi connectivity index (χ0) is 12.5. The van der Waals surface area contributed by atoms with Gasteiger partial charge in [-0.3, -0.25) is 4.79 Å². The van der Waals surface area contributed by atoms with E-state index in [4.69, 9.17) is 14.2 Å². The summed E-state index contributed by atoms with van der Waals surface area (Å²) >= 11 is 0. The van der Waals surface area contributed by atoms with Crippen LogP contribution in [-0.2, 0) is 9.53 Å². The van der Waals surface area contributed by atoms with Gasteiger partial charge >= 0.3 is 5.97 Å². The summed E-state index contributed by atoms with van der Waals surface area (Å²) in [6, 6.07) is 6.92. The molecule has 4 nitrogen and oxygen atoms in total. The van der Waals surface area contributed by atoms with Gasteiger partial charge < -0.3 is 14.2 Å². The maximum Gasteiger partial charge on any atom is 0.311 e. The van der Waals surface area contributed by atoms with E-state index in [1.807, 2.05) is 6.92 Å². The largest absolute Gasteiger partial charge is 0.497 e. The molecule has 0 aromatic heterocycles. The average molecular weight is 238 g/mol. The number of hydrogen-bond donors (Lipinski definition) is 0. The minimum atomic E-state index is -0.241. The molecule has 0 N–H and O–H groups in total. The lowest BCUT2D eigenvalue weighted by molar-refractivity contribution is -0.134. The number of ether oxygens (including phenoxy) is 3. The second-order valence-corrected chi connectivity index (χ2v) is 3.45. The van der Waals surface area contributed by atoms with Crippen LogP contribution in [0.1, 0.15) is 19.8 Å². The fraction of sp³-hybridized carbons (Fsp3) is 0.462. The van der Waals surface area contributed by atoms with Gasteiger partial charge in [0.05, 0.1) is 7.11 Å². The predicted octanol–water partition coefficient (Wildman–Crippen LogP) is 2.42. The molecule has 0 saturated carbocycles. The molecule has 0 bridgehead atoms. The van der Waals surface area contributed by atoms with Gasteiger partial charge in [0, 0.05) is 19.6 Å². The van der Waals surface area contributed by atoms with E-state index in [1.165, 1.54) is 0 Å². The van der Waals surface area contributed by atoms with Crippen LogP contribution in [0.4, 0.5) is 0 Å². The van der Waals surface area contributed by atoms with Crippen molar-refractivity contribution >= 4 is 5.97 Å². The molecule has 1 aromatic carbocycles. The number of rotatable bonds is 7. The summed E-state index contributed by atoms with van der Waals surface area (Å²) in [6.45, 7) is 3.19. The summed E-state index contributed by atoms with van der Waals surface area (Å²) < 4.78 is 15.3. The van der Waals surface area contributed by atoms with Crippen molar-refractivity contribution in [1.82, 2.24) is 0 Å². The normalized spacial score (nSPS) is 10.0. The topological polar surface area (TPSA) is 44.8 Å². The van der Waals surface area contributed by atoms with Crippen molar-refractivity contribution in [2.75, 3.05) is 20.3 Å². The average Bonchev–Trinajstić information content (AvgIpc) is 2.36. The van der Waals surface area contributed by atoms with Crippen LogP contribution in [0.25, 0.3) is 0 Å². The highest BCUT2D eigenvalue weighted by molar-refractivity contribution is 5.72. The lowest BCUT2D eigenvalue weighted by Crippen LogP contribution is -2.09. The molecule has 0 radical (unpaired) electrons. The Morgan fingerprint density at radius 3 is 2.41 bits per heavy atom. The summed E-state index contributed by atoms with van der Waals surface area (Å²) in [4.78, 5) is 11.4. The molecule has 0 aliphatic heterocycles. The van der Waals surface area contributed by atoms with Crippen molar-refractivity contribution in [3.05, 3.63) is 24.3 Å². The van der Waals surface area contributed by atoms with E-state index in [-0.39, 0.29) is 5.97 Å². The highest BCUT2D eigenvalue weighted by Gasteiger charge is 2.04. The monoisotopic (exact) mass is 238 g/mol. The molecule has 0 aliphatic rings. The van der Waals surface area contributed by atoms with Crippen LogP contribution in [0.2, 0.25) is 0 Å². The molecule has 0 fully saturated rings. The van der Waals surface area contributed by atoms with E-state index in [1.54, 1.807) is 31.4 Å². The molecular weight excluding hydrogens is 220 g/mol. The number of esters is 1. The Bertz CT molecular complexity index is 332. The Labute approximate surface area is 101 Å². The molecule has 0 saturated heterocycles. The molecule has 0 amide bonds. The first-order valence-corrected chi connectivity index (χ1v) is 5.68. The van der Waals surface area contributed by atoms with Crippen molar-refractivity contribution in [2.24, 2.45) is 0 Å². The molecule has 94 valence electrons. The van der Waals surface area contributed by atoms with E-state index < -0.39 is 0 Å².